The van der Waals surface area contributed by atoms with Gasteiger partial charge in [-0.1, -0.05) is 37.3 Å². The van der Waals surface area contributed by atoms with E-state index in [4.69, 9.17) is 9.90 Å². The topological polar surface area (TPSA) is 125 Å². The highest BCUT2D eigenvalue weighted by Crippen LogP contribution is 2.31. The summed E-state index contributed by atoms with van der Waals surface area (Å²) in [4.78, 5) is 42.4. The number of aromatic nitrogens is 2. The molecule has 0 saturated carbocycles. The first-order valence-corrected chi connectivity index (χ1v) is 13.7. The first kappa shape index (κ1) is 29.3. The van der Waals surface area contributed by atoms with Gasteiger partial charge in [0.25, 0.3) is 5.56 Å². The molecule has 0 saturated heterocycles. The summed E-state index contributed by atoms with van der Waals surface area (Å²) in [6.45, 7) is 5.87. The number of anilines is 1. The van der Waals surface area contributed by atoms with Crippen LogP contribution in [0.15, 0.2) is 47.4 Å². The van der Waals surface area contributed by atoms with E-state index in [2.05, 4.69) is 33.9 Å². The van der Waals surface area contributed by atoms with Gasteiger partial charge in [0.2, 0.25) is 5.91 Å². The number of rotatable bonds is 7. The summed E-state index contributed by atoms with van der Waals surface area (Å²) in [5, 5.41) is 16.9. The van der Waals surface area contributed by atoms with E-state index in [0.29, 0.717) is 18.7 Å². The van der Waals surface area contributed by atoms with Crippen molar-refractivity contribution in [3.63, 3.8) is 0 Å². The van der Waals surface area contributed by atoms with E-state index in [1.165, 1.54) is 10.4 Å². The van der Waals surface area contributed by atoms with E-state index in [1.807, 2.05) is 37.3 Å². The van der Waals surface area contributed by atoms with E-state index in [1.54, 1.807) is 22.1 Å². The average molecular weight is 578 g/mol. The van der Waals surface area contributed by atoms with Crippen molar-refractivity contribution in [3.05, 3.63) is 79.5 Å². The van der Waals surface area contributed by atoms with Crippen LogP contribution in [0.25, 0.3) is 0 Å². The van der Waals surface area contributed by atoms with Gasteiger partial charge in [0.05, 0.1) is 12.1 Å². The number of hydrogen-bond donors (Lipinski definition) is 4. The normalized spacial score (nSPS) is 17.2. The molecule has 4 heterocycles. The van der Waals surface area contributed by atoms with Gasteiger partial charge in [-0.3, -0.25) is 14.2 Å². The number of hydrogen-bond acceptors (Lipinski definition) is 7. The maximum absolute atomic E-state index is 13.4. The number of carboxylic acids is 1. The van der Waals surface area contributed by atoms with E-state index >= 15 is 0 Å². The molecular formula is C27H30F3N5O4S. The summed E-state index contributed by atoms with van der Waals surface area (Å²) in [5.74, 6) is -2.57. The number of aliphatic carboxylic acids is 1. The lowest BCUT2D eigenvalue weighted by Crippen LogP contribution is -2.37. The van der Waals surface area contributed by atoms with E-state index in [0.717, 1.165) is 35.6 Å². The minimum absolute atomic E-state index is 0.0194. The van der Waals surface area contributed by atoms with Crippen LogP contribution < -0.4 is 21.5 Å². The van der Waals surface area contributed by atoms with Crippen molar-refractivity contribution in [3.8, 4) is 0 Å². The Morgan fingerprint density at radius 1 is 1.25 bits per heavy atom. The van der Waals surface area contributed by atoms with Gasteiger partial charge in [-0.25, -0.2) is 9.78 Å². The standard InChI is InChI=1S/C25H29N5O2S.C2HF3O2/c1-3-19(16-7-5-4-6-8-16)29-23-25(32)30-18(13-27-23)9-10-20(30)24(31)28-15(2)21-11-17-12-26-14-22(17)33-21;3-2(4,5)1(6)7/h4-8,11,13,15,19-20,26H,3,9-10,12,14H2,1-2H3,(H,27,29)(H,28,31);(H,6,7)/t15-,19+,20-;/m0./s1. The van der Waals surface area contributed by atoms with Crippen LogP contribution in [0.4, 0.5) is 19.0 Å². The molecule has 5 rings (SSSR count). The highest BCUT2D eigenvalue weighted by atomic mass is 32.1. The van der Waals surface area contributed by atoms with Crippen molar-refractivity contribution in [1.29, 1.82) is 0 Å². The molecule has 3 aromatic rings. The molecule has 1 aromatic carbocycles. The Hall–Kier alpha value is -3.71. The van der Waals surface area contributed by atoms with Crippen molar-refractivity contribution < 1.29 is 27.9 Å². The Balaban J connectivity index is 0.000000470. The predicted molar refractivity (Wildman–Crippen MR) is 144 cm³/mol. The minimum atomic E-state index is -5.08. The number of carbonyl (C=O) groups excluding carboxylic acids is 1. The van der Waals surface area contributed by atoms with Crippen molar-refractivity contribution in [2.24, 2.45) is 0 Å². The summed E-state index contributed by atoms with van der Waals surface area (Å²) in [6.07, 6.45) is -1.26. The number of alkyl halides is 3. The Kier molecular flexibility index (Phi) is 8.94. The summed E-state index contributed by atoms with van der Waals surface area (Å²) in [5.41, 5.74) is 3.01. The number of amides is 1. The lowest BCUT2D eigenvalue weighted by atomic mass is 10.0. The van der Waals surface area contributed by atoms with Crippen molar-refractivity contribution in [1.82, 2.24) is 20.2 Å². The van der Waals surface area contributed by atoms with Gasteiger partial charge in [0.1, 0.15) is 6.04 Å². The molecule has 0 bridgehead atoms. The van der Waals surface area contributed by atoms with Crippen LogP contribution in [-0.4, -0.2) is 32.7 Å². The van der Waals surface area contributed by atoms with Crippen LogP contribution in [0, 0.1) is 0 Å². The van der Waals surface area contributed by atoms with Crippen molar-refractivity contribution in [2.75, 3.05) is 5.32 Å². The highest BCUT2D eigenvalue weighted by Gasteiger charge is 2.38. The van der Waals surface area contributed by atoms with Gasteiger partial charge in [-0.2, -0.15) is 13.2 Å². The maximum Gasteiger partial charge on any atom is 0.490 e. The molecule has 0 radical (unpaired) electrons. The third-order valence-electron chi connectivity index (χ3n) is 6.83. The number of halogens is 3. The van der Waals surface area contributed by atoms with Crippen LogP contribution in [-0.2, 0) is 29.1 Å². The van der Waals surface area contributed by atoms with Crippen LogP contribution >= 0.6 is 11.3 Å². The molecule has 0 unspecified atom stereocenters. The molecule has 0 fully saturated rings. The molecule has 2 aliphatic rings. The smallest absolute Gasteiger partial charge is 0.475 e. The molecular weight excluding hydrogens is 547 g/mol. The summed E-state index contributed by atoms with van der Waals surface area (Å²) in [6, 6.07) is 11.6. The predicted octanol–water partition coefficient (Wildman–Crippen LogP) is 4.47. The number of benzene rings is 1. The van der Waals surface area contributed by atoms with Gasteiger partial charge in [-0.15, -0.1) is 11.3 Å². The Bertz CT molecular complexity index is 1400. The molecule has 214 valence electrons. The first-order valence-electron chi connectivity index (χ1n) is 12.8. The Morgan fingerprint density at radius 2 is 1.95 bits per heavy atom. The molecule has 2 aliphatic heterocycles. The number of thiophene rings is 1. The fraction of sp³-hybridized carbons (Fsp3) is 0.407. The zero-order chi connectivity index (χ0) is 29.0. The zero-order valence-corrected chi connectivity index (χ0v) is 22.7. The van der Waals surface area contributed by atoms with Crippen LogP contribution in [0.1, 0.15) is 71.4 Å². The van der Waals surface area contributed by atoms with Crippen LogP contribution in [0.3, 0.4) is 0 Å². The second-order valence-electron chi connectivity index (χ2n) is 9.58. The molecule has 1 amide bonds. The van der Waals surface area contributed by atoms with Crippen LogP contribution in [0.2, 0.25) is 0 Å². The molecule has 0 spiro atoms. The number of carboxylic acid groups (broad SMARTS) is 1. The number of aryl methyl sites for hydroxylation is 1. The largest absolute Gasteiger partial charge is 0.490 e. The number of nitrogens with one attached hydrogen (secondary N) is 3. The molecule has 0 aliphatic carbocycles. The van der Waals surface area contributed by atoms with Crippen molar-refractivity contribution in [2.45, 2.75) is 70.5 Å². The quantitative estimate of drug-likeness (QED) is 0.327. The SMILES string of the molecule is CC[C@@H](Nc1ncc2n(c1=O)[C@H](C(=O)N[C@@H](C)c1cc3c(s1)CNC3)CC2)c1ccccc1.O=C(O)C(F)(F)F. The number of carbonyl (C=O) groups is 2. The summed E-state index contributed by atoms with van der Waals surface area (Å²) in [7, 11) is 0. The fourth-order valence-electron chi connectivity index (χ4n) is 4.75. The fourth-order valence-corrected chi connectivity index (χ4v) is 5.91. The van der Waals surface area contributed by atoms with E-state index in [9.17, 15) is 22.8 Å². The lowest BCUT2D eigenvalue weighted by Gasteiger charge is -2.21. The first-order chi connectivity index (χ1) is 19.0. The zero-order valence-electron chi connectivity index (χ0n) is 21.9. The van der Waals surface area contributed by atoms with Gasteiger partial charge in [-0.05, 0) is 43.4 Å². The average Bonchev–Trinajstić information content (AvgIpc) is 3.64. The molecule has 2 aromatic heterocycles. The molecule has 13 heteroatoms. The van der Waals surface area contributed by atoms with Gasteiger partial charge in [0.15, 0.2) is 5.82 Å². The Labute approximate surface area is 232 Å². The minimum Gasteiger partial charge on any atom is -0.475 e. The third kappa shape index (κ3) is 6.53. The maximum atomic E-state index is 13.4. The molecule has 3 atom stereocenters. The summed E-state index contributed by atoms with van der Waals surface area (Å²) < 4.78 is 33.4. The van der Waals surface area contributed by atoms with Gasteiger partial charge < -0.3 is 21.1 Å². The van der Waals surface area contributed by atoms with Crippen molar-refractivity contribution >= 4 is 29.0 Å². The monoisotopic (exact) mass is 577 g/mol. The van der Waals surface area contributed by atoms with Crippen LogP contribution in [0.5, 0.6) is 0 Å². The highest BCUT2D eigenvalue weighted by molar-refractivity contribution is 7.12. The molecule has 40 heavy (non-hydrogen) atoms. The van der Waals surface area contributed by atoms with E-state index in [-0.39, 0.29) is 23.6 Å². The number of nitrogens with zero attached hydrogens (tertiary/aromatic N) is 2. The second-order valence-corrected chi connectivity index (χ2v) is 10.7. The van der Waals surface area contributed by atoms with E-state index < -0.39 is 18.2 Å². The molecule has 4 N–H and O–H groups in total. The lowest BCUT2D eigenvalue weighted by molar-refractivity contribution is -0.192. The summed E-state index contributed by atoms with van der Waals surface area (Å²) >= 11 is 1.75. The third-order valence-corrected chi connectivity index (χ3v) is 8.19. The molecule has 9 nitrogen and oxygen atoms in total. The Morgan fingerprint density at radius 3 is 2.58 bits per heavy atom. The van der Waals surface area contributed by atoms with Gasteiger partial charge in [0, 0.05) is 34.7 Å². The number of fused-ring (bicyclic) bond motifs is 2. The second kappa shape index (κ2) is 12.2. The van der Waals surface area contributed by atoms with Gasteiger partial charge >= 0.3 is 12.1 Å².